The van der Waals surface area contributed by atoms with Gasteiger partial charge in [0.25, 0.3) is 5.56 Å². The molecule has 8 heteroatoms. The minimum absolute atomic E-state index is 0.114. The van der Waals surface area contributed by atoms with Gasteiger partial charge in [-0.1, -0.05) is 45.4 Å². The van der Waals surface area contributed by atoms with Gasteiger partial charge in [0.05, 0.1) is 16.7 Å². The van der Waals surface area contributed by atoms with Gasteiger partial charge < -0.3 is 5.32 Å². The molecular weight excluding hydrogens is 450 g/mol. The first-order chi connectivity index (χ1) is 12.9. The number of carbonyl (C=O) groups excluding carboxylic acids is 1. The highest BCUT2D eigenvalue weighted by atomic mass is 79.9. The van der Waals surface area contributed by atoms with Crippen LogP contribution in [-0.2, 0) is 11.3 Å². The summed E-state index contributed by atoms with van der Waals surface area (Å²) >= 11 is 10.6. The standard InChI is InChI=1S/C19H17BrClN3O2S/c1-3-24-18(26)14-8-12(20)5-7-15(14)23-19(24)27-10-17(25)22-16-9-13(21)6-4-11(16)2/h4-9H,3,10H2,1-2H3,(H,22,25). The number of hydrogen-bond donors (Lipinski definition) is 1. The predicted molar refractivity (Wildman–Crippen MR) is 115 cm³/mol. The number of aryl methyl sites for hydroxylation is 1. The number of halogens is 2. The van der Waals surface area contributed by atoms with Gasteiger partial charge in [-0.3, -0.25) is 14.2 Å². The summed E-state index contributed by atoms with van der Waals surface area (Å²) in [5, 5.41) is 4.49. The van der Waals surface area contributed by atoms with E-state index in [2.05, 4.69) is 26.2 Å². The molecule has 1 amide bonds. The fourth-order valence-corrected chi connectivity index (χ4v) is 4.00. The van der Waals surface area contributed by atoms with Gasteiger partial charge in [-0.25, -0.2) is 4.98 Å². The number of fused-ring (bicyclic) bond motifs is 1. The van der Waals surface area contributed by atoms with E-state index in [1.165, 1.54) is 11.8 Å². The quantitative estimate of drug-likeness (QED) is 0.430. The Morgan fingerprint density at radius 2 is 2.07 bits per heavy atom. The van der Waals surface area contributed by atoms with E-state index in [0.29, 0.717) is 33.3 Å². The third kappa shape index (κ3) is 4.54. The second-order valence-corrected chi connectivity index (χ2v) is 8.20. The van der Waals surface area contributed by atoms with Crippen molar-refractivity contribution in [2.24, 2.45) is 0 Å². The molecule has 0 spiro atoms. The van der Waals surface area contributed by atoms with Crippen molar-refractivity contribution in [1.29, 1.82) is 0 Å². The third-order valence-electron chi connectivity index (χ3n) is 4.00. The van der Waals surface area contributed by atoms with Gasteiger partial charge in [-0.05, 0) is 49.7 Å². The average molecular weight is 467 g/mol. The number of thioether (sulfide) groups is 1. The van der Waals surface area contributed by atoms with Gasteiger partial charge in [0.1, 0.15) is 0 Å². The minimum atomic E-state index is -0.182. The average Bonchev–Trinajstić information content (AvgIpc) is 2.64. The molecule has 27 heavy (non-hydrogen) atoms. The van der Waals surface area contributed by atoms with Crippen molar-refractivity contribution in [3.8, 4) is 0 Å². The zero-order chi connectivity index (χ0) is 19.6. The molecule has 3 aromatic rings. The summed E-state index contributed by atoms with van der Waals surface area (Å²) in [7, 11) is 0. The van der Waals surface area contributed by atoms with Crippen molar-refractivity contribution >= 4 is 61.8 Å². The highest BCUT2D eigenvalue weighted by molar-refractivity contribution is 9.10. The van der Waals surface area contributed by atoms with Gasteiger partial charge in [0, 0.05) is 21.7 Å². The fraction of sp³-hybridized carbons (Fsp3) is 0.211. The zero-order valence-electron chi connectivity index (χ0n) is 14.8. The van der Waals surface area contributed by atoms with Crippen molar-refractivity contribution in [2.45, 2.75) is 25.5 Å². The molecular formula is C19H17BrClN3O2S. The second-order valence-electron chi connectivity index (χ2n) is 5.90. The van der Waals surface area contributed by atoms with Crippen molar-refractivity contribution in [3.63, 3.8) is 0 Å². The lowest BCUT2D eigenvalue weighted by molar-refractivity contribution is -0.113. The number of hydrogen-bond acceptors (Lipinski definition) is 4. The second kappa shape index (κ2) is 8.46. The number of benzene rings is 2. The van der Waals surface area contributed by atoms with Gasteiger partial charge in [-0.15, -0.1) is 0 Å². The summed E-state index contributed by atoms with van der Waals surface area (Å²) < 4.78 is 2.41. The van der Waals surface area contributed by atoms with E-state index < -0.39 is 0 Å². The molecule has 0 aliphatic carbocycles. The molecule has 140 valence electrons. The van der Waals surface area contributed by atoms with Crippen LogP contribution in [0.15, 0.2) is 50.8 Å². The maximum atomic E-state index is 12.7. The maximum Gasteiger partial charge on any atom is 0.262 e. The largest absolute Gasteiger partial charge is 0.325 e. The van der Waals surface area contributed by atoms with Crippen molar-refractivity contribution in [2.75, 3.05) is 11.1 Å². The molecule has 0 unspecified atom stereocenters. The van der Waals surface area contributed by atoms with Gasteiger partial charge >= 0.3 is 0 Å². The highest BCUT2D eigenvalue weighted by Crippen LogP contribution is 2.23. The van der Waals surface area contributed by atoms with E-state index in [0.717, 1.165) is 10.0 Å². The van der Waals surface area contributed by atoms with Crippen LogP contribution < -0.4 is 10.9 Å². The lowest BCUT2D eigenvalue weighted by Gasteiger charge is -2.12. The van der Waals surface area contributed by atoms with Crippen LogP contribution in [0.1, 0.15) is 12.5 Å². The number of nitrogens with one attached hydrogen (secondary N) is 1. The van der Waals surface area contributed by atoms with Crippen LogP contribution in [0.3, 0.4) is 0 Å². The first kappa shape index (κ1) is 19.9. The van der Waals surface area contributed by atoms with E-state index in [4.69, 9.17) is 11.6 Å². The van der Waals surface area contributed by atoms with Crippen molar-refractivity contribution < 1.29 is 4.79 Å². The minimum Gasteiger partial charge on any atom is -0.325 e. The van der Waals surface area contributed by atoms with E-state index in [1.807, 2.05) is 26.0 Å². The Balaban J connectivity index is 1.82. The van der Waals surface area contributed by atoms with Crippen LogP contribution in [0, 0.1) is 6.92 Å². The Labute approximate surface area is 174 Å². The van der Waals surface area contributed by atoms with Crippen LogP contribution in [0.2, 0.25) is 5.02 Å². The number of aromatic nitrogens is 2. The highest BCUT2D eigenvalue weighted by Gasteiger charge is 2.13. The Bertz CT molecular complexity index is 1080. The summed E-state index contributed by atoms with van der Waals surface area (Å²) in [4.78, 5) is 29.6. The number of amides is 1. The number of anilines is 1. The molecule has 2 aromatic carbocycles. The Kier molecular flexibility index (Phi) is 6.24. The van der Waals surface area contributed by atoms with E-state index in [1.54, 1.807) is 28.8 Å². The molecule has 0 bridgehead atoms. The molecule has 1 heterocycles. The Morgan fingerprint density at radius 1 is 1.30 bits per heavy atom. The van der Waals surface area contributed by atoms with E-state index in [9.17, 15) is 9.59 Å². The molecule has 0 radical (unpaired) electrons. The van der Waals surface area contributed by atoms with E-state index in [-0.39, 0.29) is 17.2 Å². The molecule has 1 N–H and O–H groups in total. The third-order valence-corrected chi connectivity index (χ3v) is 5.71. The molecule has 3 rings (SSSR count). The van der Waals surface area contributed by atoms with Crippen LogP contribution in [0.5, 0.6) is 0 Å². The lowest BCUT2D eigenvalue weighted by Crippen LogP contribution is -2.23. The summed E-state index contributed by atoms with van der Waals surface area (Å²) in [5.74, 6) is -0.0429. The Hall–Kier alpha value is -1.83. The number of carbonyl (C=O) groups is 1. The van der Waals surface area contributed by atoms with Gasteiger partial charge in [-0.2, -0.15) is 0 Å². The lowest BCUT2D eigenvalue weighted by atomic mass is 10.2. The fourth-order valence-electron chi connectivity index (χ4n) is 2.61. The number of rotatable bonds is 5. The monoisotopic (exact) mass is 465 g/mol. The molecule has 0 aliphatic heterocycles. The van der Waals surface area contributed by atoms with Crippen LogP contribution >= 0.6 is 39.3 Å². The van der Waals surface area contributed by atoms with Crippen LogP contribution in [-0.4, -0.2) is 21.2 Å². The molecule has 0 aliphatic rings. The molecule has 0 atom stereocenters. The first-order valence-electron chi connectivity index (χ1n) is 8.28. The summed E-state index contributed by atoms with van der Waals surface area (Å²) in [5.41, 5.74) is 2.11. The number of nitrogens with zero attached hydrogens (tertiary/aromatic N) is 2. The molecule has 0 fully saturated rings. The summed E-state index contributed by atoms with van der Waals surface area (Å²) in [6, 6.07) is 10.7. The van der Waals surface area contributed by atoms with E-state index >= 15 is 0 Å². The first-order valence-corrected chi connectivity index (χ1v) is 10.4. The summed E-state index contributed by atoms with van der Waals surface area (Å²) in [6.07, 6.45) is 0. The van der Waals surface area contributed by atoms with Crippen molar-refractivity contribution in [3.05, 3.63) is 61.8 Å². The molecule has 0 saturated carbocycles. The summed E-state index contributed by atoms with van der Waals surface area (Å²) in [6.45, 7) is 4.26. The van der Waals surface area contributed by atoms with Gasteiger partial charge in [0.15, 0.2) is 5.16 Å². The normalized spacial score (nSPS) is 11.0. The molecule has 5 nitrogen and oxygen atoms in total. The zero-order valence-corrected chi connectivity index (χ0v) is 17.9. The Morgan fingerprint density at radius 3 is 2.81 bits per heavy atom. The smallest absolute Gasteiger partial charge is 0.262 e. The SMILES string of the molecule is CCn1c(SCC(=O)Nc2cc(Cl)ccc2C)nc2ccc(Br)cc2c1=O. The topological polar surface area (TPSA) is 64.0 Å². The van der Waals surface area contributed by atoms with Crippen molar-refractivity contribution in [1.82, 2.24) is 9.55 Å². The maximum absolute atomic E-state index is 12.7. The molecule has 1 aromatic heterocycles. The predicted octanol–water partition coefficient (Wildman–Crippen LogP) is 4.87. The van der Waals surface area contributed by atoms with Crippen LogP contribution in [0.4, 0.5) is 5.69 Å². The molecule has 0 saturated heterocycles. The van der Waals surface area contributed by atoms with Gasteiger partial charge in [0.2, 0.25) is 5.91 Å². The van der Waals surface area contributed by atoms with Crippen LogP contribution in [0.25, 0.3) is 10.9 Å².